The fourth-order valence-electron chi connectivity index (χ4n) is 0.335. The van der Waals surface area contributed by atoms with Crippen molar-refractivity contribution in [1.29, 1.82) is 0 Å². The maximum atomic E-state index is 11.3. The zero-order valence-corrected chi connectivity index (χ0v) is 9.42. The smallest absolute Gasteiger partial charge is 0.294 e. The summed E-state index contributed by atoms with van der Waals surface area (Å²) in [6, 6.07) is 0. The summed E-state index contributed by atoms with van der Waals surface area (Å²) >= 11 is 4.32. The van der Waals surface area contributed by atoms with Gasteiger partial charge in [0.1, 0.15) is 0 Å². The highest BCUT2D eigenvalue weighted by atomic mass is 35.5. The predicted octanol–water partition coefficient (Wildman–Crippen LogP) is 4.44. The molecule has 0 aliphatic rings. The first kappa shape index (κ1) is 21.7. The van der Waals surface area contributed by atoms with Gasteiger partial charge in [-0.05, 0) is 0 Å². The molecular weight excluding hydrogens is 348 g/mol. The van der Waals surface area contributed by atoms with Gasteiger partial charge in [0.05, 0.1) is 0 Å². The first-order valence-corrected chi connectivity index (χ1v) is 4.40. The topological polar surface area (TPSA) is 18.5 Å². The standard InChI is InChI=1S/C3H2ClF5O.C3H2F6O/c2*4-1(3(7,8)9)10-2(5)6/h2*1-2H/t2*1-/m11/s1. The molecule has 0 heterocycles. The van der Waals surface area contributed by atoms with Crippen LogP contribution in [0.1, 0.15) is 0 Å². The van der Waals surface area contributed by atoms with Crippen LogP contribution in [0, 0.1) is 0 Å². The Labute approximate surface area is 108 Å². The molecule has 0 aromatic carbocycles. The summed E-state index contributed by atoms with van der Waals surface area (Å²) in [6.45, 7) is -7.26. The molecule has 0 bridgehead atoms. The summed E-state index contributed by atoms with van der Waals surface area (Å²) in [6.07, 6.45) is -14.2. The fourth-order valence-corrected chi connectivity index (χ4v) is 0.413. The van der Waals surface area contributed by atoms with Crippen molar-refractivity contribution in [2.45, 2.75) is 37.5 Å². The summed E-state index contributed by atoms with van der Waals surface area (Å²) < 4.78 is 127. The van der Waals surface area contributed by atoms with Gasteiger partial charge in [-0.2, -0.15) is 43.9 Å². The van der Waals surface area contributed by atoms with E-state index >= 15 is 0 Å². The third-order valence-corrected chi connectivity index (χ3v) is 1.31. The van der Waals surface area contributed by atoms with Crippen LogP contribution in [0.25, 0.3) is 0 Å². The number of rotatable bonds is 4. The molecule has 0 amide bonds. The molecule has 0 aromatic rings. The molecule has 14 heteroatoms. The van der Waals surface area contributed by atoms with Crippen LogP contribution in [0.2, 0.25) is 0 Å². The highest BCUT2D eigenvalue weighted by Crippen LogP contribution is 2.27. The first-order valence-electron chi connectivity index (χ1n) is 3.96. The molecule has 0 aliphatic heterocycles. The van der Waals surface area contributed by atoms with Gasteiger partial charge in [-0.3, -0.25) is 9.47 Å². The van der Waals surface area contributed by atoms with Gasteiger partial charge in [0.2, 0.25) is 5.56 Å². The van der Waals surface area contributed by atoms with Crippen LogP contribution in [0.3, 0.4) is 0 Å². The summed E-state index contributed by atoms with van der Waals surface area (Å²) in [4.78, 5) is 0. The Balaban J connectivity index is 0. The highest BCUT2D eigenvalue weighted by molar-refractivity contribution is 6.20. The van der Waals surface area contributed by atoms with Crippen LogP contribution in [-0.4, -0.2) is 37.5 Å². The molecule has 0 aliphatic carbocycles. The summed E-state index contributed by atoms with van der Waals surface area (Å²) in [7, 11) is 0. The Bertz CT molecular complexity index is 226. The van der Waals surface area contributed by atoms with Crippen molar-refractivity contribution in [1.82, 2.24) is 0 Å². The third-order valence-electron chi connectivity index (χ3n) is 0.959. The van der Waals surface area contributed by atoms with E-state index in [-0.39, 0.29) is 0 Å². The minimum absolute atomic E-state index is 2.49. The van der Waals surface area contributed by atoms with E-state index in [0.29, 0.717) is 0 Å². The second-order valence-corrected chi connectivity index (χ2v) is 2.91. The molecule has 0 radical (unpaired) electrons. The van der Waals surface area contributed by atoms with Crippen LogP contribution in [0.15, 0.2) is 0 Å². The minimum atomic E-state index is -5.38. The largest absolute Gasteiger partial charge is 0.445 e. The molecule has 0 rings (SSSR count). The van der Waals surface area contributed by atoms with Crippen LogP contribution >= 0.6 is 11.6 Å². The molecule has 124 valence electrons. The summed E-state index contributed by atoms with van der Waals surface area (Å²) in [5, 5.41) is 0. The van der Waals surface area contributed by atoms with Gasteiger partial charge in [-0.25, -0.2) is 4.39 Å². The number of alkyl halides is 12. The van der Waals surface area contributed by atoms with E-state index < -0.39 is 37.5 Å². The maximum absolute atomic E-state index is 11.3. The van der Waals surface area contributed by atoms with Crippen molar-refractivity contribution >= 4 is 11.6 Å². The number of hydrogen-bond acceptors (Lipinski definition) is 2. The molecular formula is C6H4ClF11O2. The van der Waals surface area contributed by atoms with Gasteiger partial charge >= 0.3 is 25.6 Å². The molecule has 0 N–H and O–H groups in total. The van der Waals surface area contributed by atoms with Crippen LogP contribution in [0.5, 0.6) is 0 Å². The molecule has 0 spiro atoms. The molecule has 0 saturated heterocycles. The predicted molar refractivity (Wildman–Crippen MR) is 40.8 cm³/mol. The van der Waals surface area contributed by atoms with E-state index in [1.54, 1.807) is 0 Å². The van der Waals surface area contributed by atoms with Gasteiger partial charge < -0.3 is 0 Å². The van der Waals surface area contributed by atoms with E-state index in [9.17, 15) is 48.3 Å². The van der Waals surface area contributed by atoms with E-state index in [4.69, 9.17) is 0 Å². The van der Waals surface area contributed by atoms with Crippen molar-refractivity contribution in [2.24, 2.45) is 0 Å². The number of halogens is 12. The molecule has 20 heavy (non-hydrogen) atoms. The Hall–Kier alpha value is -0.560. The van der Waals surface area contributed by atoms with Crippen molar-refractivity contribution in [3.8, 4) is 0 Å². The molecule has 2 atom stereocenters. The lowest BCUT2D eigenvalue weighted by Gasteiger charge is -2.12. The third kappa shape index (κ3) is 12.5. The van der Waals surface area contributed by atoms with Crippen LogP contribution in [0.4, 0.5) is 48.3 Å². The van der Waals surface area contributed by atoms with Crippen LogP contribution in [-0.2, 0) is 9.47 Å². The normalized spacial score (nSPS) is 15.9. The second-order valence-electron chi connectivity index (χ2n) is 2.51. The quantitative estimate of drug-likeness (QED) is 0.550. The van der Waals surface area contributed by atoms with Crippen molar-refractivity contribution < 1.29 is 57.8 Å². The van der Waals surface area contributed by atoms with E-state index in [1.807, 2.05) is 0 Å². The Morgan fingerprint density at radius 3 is 1.10 bits per heavy atom. The van der Waals surface area contributed by atoms with Gasteiger partial charge in [-0.1, -0.05) is 11.6 Å². The average Bonchev–Trinajstić information content (AvgIpc) is 2.13. The number of ether oxygens (including phenoxy) is 2. The highest BCUT2D eigenvalue weighted by Gasteiger charge is 2.43. The minimum Gasteiger partial charge on any atom is -0.294 e. The van der Waals surface area contributed by atoms with Gasteiger partial charge in [0.25, 0.3) is 6.36 Å². The summed E-state index contributed by atoms with van der Waals surface area (Å²) in [5.41, 5.74) is -2.94. The molecule has 0 fully saturated rings. The fraction of sp³-hybridized carbons (Fsp3) is 1.00. The SMILES string of the molecule is FC(F)O[C@@H](Cl)C(F)(F)F.FC(F)O[C@@H](F)C(F)(F)F. The van der Waals surface area contributed by atoms with Crippen molar-refractivity contribution in [3.63, 3.8) is 0 Å². The van der Waals surface area contributed by atoms with Crippen molar-refractivity contribution in [2.75, 3.05) is 0 Å². The van der Waals surface area contributed by atoms with E-state index in [2.05, 4.69) is 21.1 Å². The van der Waals surface area contributed by atoms with Crippen LogP contribution < -0.4 is 0 Å². The van der Waals surface area contributed by atoms with E-state index in [1.165, 1.54) is 0 Å². The molecule has 0 aromatic heterocycles. The zero-order valence-electron chi connectivity index (χ0n) is 8.66. The lowest BCUT2D eigenvalue weighted by molar-refractivity contribution is -0.312. The maximum Gasteiger partial charge on any atom is 0.445 e. The number of hydrogen-bond donors (Lipinski definition) is 0. The Kier molecular flexibility index (Phi) is 9.42. The Morgan fingerprint density at radius 1 is 0.650 bits per heavy atom. The van der Waals surface area contributed by atoms with E-state index in [0.717, 1.165) is 0 Å². The zero-order chi connectivity index (χ0) is 16.7. The van der Waals surface area contributed by atoms with Gasteiger partial charge in [0, 0.05) is 0 Å². The molecule has 0 saturated carbocycles. The second kappa shape index (κ2) is 8.67. The average molecular weight is 353 g/mol. The lowest BCUT2D eigenvalue weighted by atomic mass is 10.7. The van der Waals surface area contributed by atoms with Crippen molar-refractivity contribution in [3.05, 3.63) is 0 Å². The monoisotopic (exact) mass is 352 g/mol. The lowest BCUT2D eigenvalue weighted by Crippen LogP contribution is -2.28. The van der Waals surface area contributed by atoms with Gasteiger partial charge in [0.15, 0.2) is 0 Å². The Morgan fingerprint density at radius 2 is 1.00 bits per heavy atom. The van der Waals surface area contributed by atoms with Gasteiger partial charge in [-0.15, -0.1) is 0 Å². The molecule has 0 unspecified atom stereocenters. The first-order chi connectivity index (χ1) is 8.67. The molecule has 2 nitrogen and oxygen atoms in total. The summed E-state index contributed by atoms with van der Waals surface area (Å²) in [5.74, 6) is 0.